The molecule has 1 aliphatic rings. The molecule has 4 nitrogen and oxygen atoms in total. The number of aliphatic hydroxyl groups excluding tert-OH is 1. The lowest BCUT2D eigenvalue weighted by Crippen LogP contribution is -2.36. The molecule has 19 heavy (non-hydrogen) atoms. The Labute approximate surface area is 119 Å². The Kier molecular flexibility index (Phi) is 4.31. The summed E-state index contributed by atoms with van der Waals surface area (Å²) in [6, 6.07) is 0. The third-order valence-electron chi connectivity index (χ3n) is 3.91. The van der Waals surface area contributed by atoms with Crippen LogP contribution >= 0.6 is 11.6 Å². The first-order valence-electron chi connectivity index (χ1n) is 6.92. The second-order valence-corrected chi connectivity index (χ2v) is 5.99. The van der Waals surface area contributed by atoms with E-state index in [2.05, 4.69) is 29.1 Å². The number of rotatable bonds is 6. The minimum absolute atomic E-state index is 0.157. The molecule has 0 aliphatic heterocycles. The maximum absolute atomic E-state index is 9.19. The number of aromatic nitrogens is 2. The number of nitrogens with one attached hydrogen (secondary N) is 1. The van der Waals surface area contributed by atoms with Crippen molar-refractivity contribution in [2.75, 3.05) is 11.9 Å². The summed E-state index contributed by atoms with van der Waals surface area (Å²) in [5.74, 6) is 2.13. The zero-order chi connectivity index (χ0) is 14.0. The van der Waals surface area contributed by atoms with E-state index in [4.69, 9.17) is 11.6 Å². The van der Waals surface area contributed by atoms with Crippen LogP contribution in [0.15, 0.2) is 0 Å². The number of anilines is 1. The molecular formula is C14H22ClN3O. The van der Waals surface area contributed by atoms with E-state index in [0.29, 0.717) is 17.5 Å². The van der Waals surface area contributed by atoms with Crippen molar-refractivity contribution in [3.8, 4) is 0 Å². The number of halogens is 1. The quantitative estimate of drug-likeness (QED) is 0.787. The normalized spacial score (nSPS) is 18.2. The Bertz CT molecular complexity index is 462. The Morgan fingerprint density at radius 2 is 2.11 bits per heavy atom. The highest BCUT2D eigenvalue weighted by Gasteiger charge is 2.29. The molecule has 1 aromatic heterocycles. The molecule has 0 amide bonds. The molecule has 5 heteroatoms. The van der Waals surface area contributed by atoms with Crippen molar-refractivity contribution in [2.45, 2.75) is 57.9 Å². The van der Waals surface area contributed by atoms with Crippen LogP contribution in [-0.4, -0.2) is 27.2 Å². The Morgan fingerprint density at radius 3 is 2.63 bits per heavy atom. The van der Waals surface area contributed by atoms with Crippen LogP contribution in [0.25, 0.3) is 0 Å². The molecule has 1 saturated carbocycles. The summed E-state index contributed by atoms with van der Waals surface area (Å²) in [5, 5.41) is 13.2. The van der Waals surface area contributed by atoms with Gasteiger partial charge in [-0.3, -0.25) is 0 Å². The third kappa shape index (κ3) is 3.37. The fourth-order valence-electron chi connectivity index (χ4n) is 2.01. The molecule has 1 heterocycles. The first kappa shape index (κ1) is 14.5. The summed E-state index contributed by atoms with van der Waals surface area (Å²) in [6.45, 7) is 6.28. The van der Waals surface area contributed by atoms with Crippen molar-refractivity contribution in [2.24, 2.45) is 0 Å². The molecule has 0 saturated heterocycles. The molecule has 2 rings (SSSR count). The van der Waals surface area contributed by atoms with Gasteiger partial charge in [0.25, 0.3) is 0 Å². The largest absolute Gasteiger partial charge is 0.396 e. The lowest BCUT2D eigenvalue weighted by Gasteiger charge is -2.30. The zero-order valence-corrected chi connectivity index (χ0v) is 12.6. The fourth-order valence-corrected chi connectivity index (χ4v) is 2.19. The summed E-state index contributed by atoms with van der Waals surface area (Å²) in [5.41, 5.74) is 0.710. The Hall–Kier alpha value is -0.870. The van der Waals surface area contributed by atoms with Crippen molar-refractivity contribution in [3.05, 3.63) is 16.5 Å². The molecular weight excluding hydrogens is 262 g/mol. The molecule has 0 spiro atoms. The van der Waals surface area contributed by atoms with Gasteiger partial charge in [-0.1, -0.05) is 18.5 Å². The van der Waals surface area contributed by atoms with Crippen LogP contribution in [0.1, 0.15) is 56.8 Å². The molecule has 1 unspecified atom stereocenters. The fraction of sp³-hybridized carbons (Fsp3) is 0.714. The number of hydrogen-bond acceptors (Lipinski definition) is 4. The lowest BCUT2D eigenvalue weighted by molar-refractivity contribution is 0.251. The topological polar surface area (TPSA) is 58.0 Å². The highest BCUT2D eigenvalue weighted by atomic mass is 35.5. The van der Waals surface area contributed by atoms with Crippen molar-refractivity contribution < 1.29 is 5.11 Å². The summed E-state index contributed by atoms with van der Waals surface area (Å²) in [6.07, 6.45) is 3.90. The summed E-state index contributed by atoms with van der Waals surface area (Å²) >= 11 is 6.20. The van der Waals surface area contributed by atoms with E-state index in [1.165, 1.54) is 0 Å². The average Bonchev–Trinajstić information content (AvgIpc) is 3.19. The highest BCUT2D eigenvalue weighted by molar-refractivity contribution is 6.30. The minimum atomic E-state index is -0.169. The maximum Gasteiger partial charge on any atom is 0.137 e. The number of nitrogens with zero attached hydrogens (tertiary/aromatic N) is 2. The monoisotopic (exact) mass is 283 g/mol. The van der Waals surface area contributed by atoms with Gasteiger partial charge in [-0.05, 0) is 39.5 Å². The predicted octanol–water partition coefficient (Wildman–Crippen LogP) is 3.28. The van der Waals surface area contributed by atoms with E-state index < -0.39 is 0 Å². The molecule has 1 aliphatic carbocycles. The van der Waals surface area contributed by atoms with E-state index in [9.17, 15) is 5.11 Å². The van der Waals surface area contributed by atoms with Crippen molar-refractivity contribution in [1.82, 2.24) is 9.97 Å². The maximum atomic E-state index is 9.19. The smallest absolute Gasteiger partial charge is 0.137 e. The lowest BCUT2D eigenvalue weighted by atomic mass is 9.95. The standard InChI is InChI=1S/C14H22ClN3O/c1-4-14(3,7-8-19)18-12-9(2)11(15)16-13(17-12)10-5-6-10/h10,19H,4-8H2,1-3H3,(H,16,17,18). The van der Waals surface area contributed by atoms with Gasteiger partial charge < -0.3 is 10.4 Å². The summed E-state index contributed by atoms with van der Waals surface area (Å²) < 4.78 is 0. The first-order valence-corrected chi connectivity index (χ1v) is 7.30. The van der Waals surface area contributed by atoms with Crippen LogP contribution in [0.2, 0.25) is 5.15 Å². The summed E-state index contributed by atoms with van der Waals surface area (Å²) in [7, 11) is 0. The van der Waals surface area contributed by atoms with Gasteiger partial charge in [0.1, 0.15) is 16.8 Å². The van der Waals surface area contributed by atoms with Gasteiger partial charge in [0.2, 0.25) is 0 Å². The van der Waals surface area contributed by atoms with E-state index in [0.717, 1.165) is 36.5 Å². The molecule has 1 aromatic rings. The minimum Gasteiger partial charge on any atom is -0.396 e. The Balaban J connectivity index is 2.27. The van der Waals surface area contributed by atoms with Crippen molar-refractivity contribution >= 4 is 17.4 Å². The molecule has 0 radical (unpaired) electrons. The van der Waals surface area contributed by atoms with Crippen LogP contribution in [0.3, 0.4) is 0 Å². The molecule has 2 N–H and O–H groups in total. The second-order valence-electron chi connectivity index (χ2n) is 5.63. The average molecular weight is 284 g/mol. The van der Waals surface area contributed by atoms with E-state index >= 15 is 0 Å². The zero-order valence-electron chi connectivity index (χ0n) is 11.8. The molecule has 0 bridgehead atoms. The predicted molar refractivity (Wildman–Crippen MR) is 77.8 cm³/mol. The van der Waals surface area contributed by atoms with Gasteiger partial charge in [0.15, 0.2) is 0 Å². The van der Waals surface area contributed by atoms with Gasteiger partial charge in [-0.25, -0.2) is 9.97 Å². The second kappa shape index (κ2) is 5.63. The van der Waals surface area contributed by atoms with Crippen LogP contribution < -0.4 is 5.32 Å². The number of aliphatic hydroxyl groups is 1. The van der Waals surface area contributed by atoms with Gasteiger partial charge in [0.05, 0.1) is 0 Å². The van der Waals surface area contributed by atoms with E-state index in [1.807, 2.05) is 6.92 Å². The summed E-state index contributed by atoms with van der Waals surface area (Å²) in [4.78, 5) is 8.98. The van der Waals surface area contributed by atoms with Crippen LogP contribution in [0, 0.1) is 6.92 Å². The first-order chi connectivity index (χ1) is 8.99. The molecule has 0 aromatic carbocycles. The van der Waals surface area contributed by atoms with Crippen LogP contribution in [-0.2, 0) is 0 Å². The SMILES string of the molecule is CCC(C)(CCO)Nc1nc(C2CC2)nc(Cl)c1C. The Morgan fingerprint density at radius 1 is 1.42 bits per heavy atom. The van der Waals surface area contributed by atoms with Gasteiger partial charge in [-0.15, -0.1) is 0 Å². The molecule has 1 fully saturated rings. The van der Waals surface area contributed by atoms with Crippen molar-refractivity contribution in [1.29, 1.82) is 0 Å². The van der Waals surface area contributed by atoms with Gasteiger partial charge in [-0.2, -0.15) is 0 Å². The van der Waals surface area contributed by atoms with E-state index in [-0.39, 0.29) is 12.1 Å². The van der Waals surface area contributed by atoms with E-state index in [1.54, 1.807) is 0 Å². The van der Waals surface area contributed by atoms with Gasteiger partial charge >= 0.3 is 0 Å². The molecule has 1 atom stereocenters. The van der Waals surface area contributed by atoms with Gasteiger partial charge in [0, 0.05) is 23.6 Å². The number of hydrogen-bond donors (Lipinski definition) is 2. The third-order valence-corrected chi connectivity index (χ3v) is 4.28. The van der Waals surface area contributed by atoms with Crippen LogP contribution in [0.4, 0.5) is 5.82 Å². The van der Waals surface area contributed by atoms with Crippen LogP contribution in [0.5, 0.6) is 0 Å². The molecule has 106 valence electrons. The van der Waals surface area contributed by atoms with Crippen molar-refractivity contribution in [3.63, 3.8) is 0 Å². The highest BCUT2D eigenvalue weighted by Crippen LogP contribution is 2.39.